The van der Waals surface area contributed by atoms with Gasteiger partial charge in [0.1, 0.15) is 0 Å². The second-order valence-electron chi connectivity index (χ2n) is 9.55. The summed E-state index contributed by atoms with van der Waals surface area (Å²) >= 11 is 0. The van der Waals surface area contributed by atoms with Crippen LogP contribution < -0.4 is 0 Å². The van der Waals surface area contributed by atoms with Gasteiger partial charge in [-0.2, -0.15) is 0 Å². The fraction of sp³-hybridized carbons (Fsp3) is 0.182. The number of fused-ring (bicyclic) bond motifs is 3. The molecule has 1 radical (unpaired) electrons. The minimum atomic E-state index is 0. The van der Waals surface area contributed by atoms with Crippen LogP contribution in [0.25, 0.3) is 44.4 Å². The molecule has 0 unspecified atom stereocenters. The van der Waals surface area contributed by atoms with Gasteiger partial charge in [-0.25, -0.2) is 0 Å². The Morgan fingerprint density at radius 2 is 1.58 bits per heavy atom. The van der Waals surface area contributed by atoms with E-state index >= 15 is 0 Å². The molecule has 4 nitrogen and oxygen atoms in total. The standard InChI is InChI=1S/C18H13N2O.C15H16N.Ir/c1-11-4-3-8-19-16(11)15-10-13-7-9-21-18(13)17-14(15)6-5-12(2)20-17;1-10-5-6-14(7-11(10)2)15-8-12(3)13(4)9-16-15;/h3-9H,1-2H3;5,7-9H,1-4H3;/q2*-1;. The van der Waals surface area contributed by atoms with Gasteiger partial charge >= 0.3 is 0 Å². The SMILES string of the molecule is Cc1c[c-]c(-c2cc(C)c(C)cn2)cc1C.Cc1ccc2c(-c3ncccc3C)[c-]c3ccoc3c2n1.[Ir]. The third-order valence-electron chi connectivity index (χ3n) is 6.77. The zero-order valence-corrected chi connectivity index (χ0v) is 24.8. The molecule has 6 aromatic rings. The number of benzene rings is 2. The Balaban J connectivity index is 0.000000179. The quantitative estimate of drug-likeness (QED) is 0.174. The number of furan rings is 1. The molecule has 6 rings (SSSR count). The van der Waals surface area contributed by atoms with Crippen molar-refractivity contribution in [2.45, 2.75) is 41.5 Å². The molecule has 0 spiro atoms. The third-order valence-corrected chi connectivity index (χ3v) is 6.77. The van der Waals surface area contributed by atoms with Crippen molar-refractivity contribution in [3.8, 4) is 22.5 Å². The molecule has 0 N–H and O–H groups in total. The van der Waals surface area contributed by atoms with E-state index in [-0.39, 0.29) is 20.1 Å². The van der Waals surface area contributed by atoms with Crippen LogP contribution in [0.15, 0.2) is 71.6 Å². The molecule has 0 aliphatic heterocycles. The first-order valence-corrected chi connectivity index (χ1v) is 12.4. The van der Waals surface area contributed by atoms with Gasteiger partial charge in [0.2, 0.25) is 0 Å². The zero-order chi connectivity index (χ0) is 26.1. The minimum Gasteiger partial charge on any atom is -0.506 e. The number of aromatic nitrogens is 3. The summed E-state index contributed by atoms with van der Waals surface area (Å²) in [7, 11) is 0. The van der Waals surface area contributed by atoms with Crippen LogP contribution in [0, 0.1) is 53.7 Å². The summed E-state index contributed by atoms with van der Waals surface area (Å²) < 4.78 is 5.59. The van der Waals surface area contributed by atoms with E-state index in [2.05, 4.69) is 86.0 Å². The maximum Gasteiger partial charge on any atom is 0.0847 e. The summed E-state index contributed by atoms with van der Waals surface area (Å²) in [5.41, 5.74) is 12.8. The fourth-order valence-electron chi connectivity index (χ4n) is 4.25. The molecule has 4 aromatic heterocycles. The Morgan fingerprint density at radius 3 is 2.32 bits per heavy atom. The number of hydrogen-bond acceptors (Lipinski definition) is 4. The minimum absolute atomic E-state index is 0. The maximum atomic E-state index is 5.59. The summed E-state index contributed by atoms with van der Waals surface area (Å²) in [4.78, 5) is 13.6. The summed E-state index contributed by atoms with van der Waals surface area (Å²) in [5, 5.41) is 1.95. The van der Waals surface area contributed by atoms with E-state index in [0.717, 1.165) is 55.6 Å². The van der Waals surface area contributed by atoms with Gasteiger partial charge in [0.15, 0.2) is 0 Å². The first-order chi connectivity index (χ1) is 17.8. The zero-order valence-electron chi connectivity index (χ0n) is 22.4. The molecule has 4 heterocycles. The maximum absolute atomic E-state index is 5.59. The molecular formula is C33H29IrN3O-2. The average Bonchev–Trinajstić information content (AvgIpc) is 3.37. The Morgan fingerprint density at radius 1 is 0.789 bits per heavy atom. The van der Waals surface area contributed by atoms with E-state index in [1.165, 1.54) is 22.3 Å². The first-order valence-electron chi connectivity index (χ1n) is 12.4. The molecule has 0 aliphatic rings. The Kier molecular flexibility index (Phi) is 8.20. The van der Waals surface area contributed by atoms with E-state index < -0.39 is 0 Å². The van der Waals surface area contributed by atoms with Gasteiger partial charge in [0.05, 0.1) is 5.58 Å². The predicted octanol–water partition coefficient (Wildman–Crippen LogP) is 8.24. The van der Waals surface area contributed by atoms with Crippen molar-refractivity contribution in [3.63, 3.8) is 0 Å². The molecule has 0 bridgehead atoms. The normalized spacial score (nSPS) is 10.7. The van der Waals surface area contributed by atoms with Gasteiger partial charge in [0, 0.05) is 55.7 Å². The van der Waals surface area contributed by atoms with Crippen LogP contribution in [0.1, 0.15) is 33.5 Å². The predicted molar refractivity (Wildman–Crippen MR) is 151 cm³/mol. The van der Waals surface area contributed by atoms with Crippen LogP contribution in [0.4, 0.5) is 0 Å². The molecule has 0 amide bonds. The number of hydrogen-bond donors (Lipinski definition) is 0. The van der Waals surface area contributed by atoms with Gasteiger partial charge in [0.25, 0.3) is 0 Å². The van der Waals surface area contributed by atoms with Crippen LogP contribution in [0.2, 0.25) is 0 Å². The van der Waals surface area contributed by atoms with Crippen molar-refractivity contribution >= 4 is 21.9 Å². The number of pyridine rings is 3. The number of rotatable bonds is 2. The Bertz CT molecular complexity index is 1700. The molecule has 0 atom stereocenters. The average molecular weight is 676 g/mol. The van der Waals surface area contributed by atoms with Crippen molar-refractivity contribution in [2.75, 3.05) is 0 Å². The molecule has 0 fully saturated rings. The molecular weight excluding hydrogens is 647 g/mol. The fourth-order valence-corrected chi connectivity index (χ4v) is 4.25. The van der Waals surface area contributed by atoms with Crippen LogP contribution in [-0.4, -0.2) is 15.0 Å². The van der Waals surface area contributed by atoms with E-state index in [9.17, 15) is 0 Å². The molecule has 2 aromatic carbocycles. The monoisotopic (exact) mass is 676 g/mol. The smallest absolute Gasteiger partial charge is 0.0847 e. The van der Waals surface area contributed by atoms with Gasteiger partial charge in [-0.3, -0.25) is 9.97 Å². The molecule has 0 saturated carbocycles. The third kappa shape index (κ3) is 5.45. The molecule has 38 heavy (non-hydrogen) atoms. The van der Waals surface area contributed by atoms with Crippen molar-refractivity contribution in [1.29, 1.82) is 0 Å². The summed E-state index contributed by atoms with van der Waals surface area (Å²) in [6, 6.07) is 23.0. The van der Waals surface area contributed by atoms with E-state index in [1.54, 1.807) is 6.26 Å². The van der Waals surface area contributed by atoms with Crippen LogP contribution in [-0.2, 0) is 20.1 Å². The van der Waals surface area contributed by atoms with Gasteiger partial charge in [-0.05, 0) is 51.1 Å². The van der Waals surface area contributed by atoms with E-state index in [4.69, 9.17) is 4.42 Å². The molecule has 0 saturated heterocycles. The number of nitrogens with zero attached hydrogens (tertiary/aromatic N) is 3. The van der Waals surface area contributed by atoms with Crippen LogP contribution >= 0.6 is 0 Å². The van der Waals surface area contributed by atoms with Crippen molar-refractivity contribution in [1.82, 2.24) is 15.0 Å². The molecule has 0 aliphatic carbocycles. The second-order valence-corrected chi connectivity index (χ2v) is 9.55. The Labute approximate surface area is 237 Å². The summed E-state index contributed by atoms with van der Waals surface area (Å²) in [6.07, 6.45) is 5.41. The Hall–Kier alpha value is -3.66. The van der Waals surface area contributed by atoms with Crippen LogP contribution in [0.5, 0.6) is 0 Å². The molecule has 193 valence electrons. The van der Waals surface area contributed by atoms with Crippen molar-refractivity contribution < 1.29 is 24.5 Å². The number of aryl methyl sites for hydroxylation is 6. The van der Waals surface area contributed by atoms with E-state index in [1.807, 2.05) is 43.6 Å². The largest absolute Gasteiger partial charge is 0.506 e. The summed E-state index contributed by atoms with van der Waals surface area (Å²) in [5.74, 6) is 0. The van der Waals surface area contributed by atoms with Crippen molar-refractivity contribution in [3.05, 3.63) is 113 Å². The van der Waals surface area contributed by atoms with Crippen molar-refractivity contribution in [2.24, 2.45) is 0 Å². The van der Waals surface area contributed by atoms with Gasteiger partial charge < -0.3 is 9.40 Å². The second kappa shape index (κ2) is 11.4. The van der Waals surface area contributed by atoms with Gasteiger partial charge in [-0.15, -0.1) is 41.0 Å². The first kappa shape index (κ1) is 27.4. The summed E-state index contributed by atoms with van der Waals surface area (Å²) in [6.45, 7) is 12.5. The molecule has 5 heteroatoms. The topological polar surface area (TPSA) is 51.8 Å². The van der Waals surface area contributed by atoms with Crippen LogP contribution in [0.3, 0.4) is 0 Å². The van der Waals surface area contributed by atoms with Gasteiger partial charge in [-0.1, -0.05) is 65.6 Å². The van der Waals surface area contributed by atoms with E-state index in [0.29, 0.717) is 0 Å².